The van der Waals surface area contributed by atoms with E-state index in [0.29, 0.717) is 29.4 Å². The summed E-state index contributed by atoms with van der Waals surface area (Å²) in [6.45, 7) is 10.5. The van der Waals surface area contributed by atoms with E-state index in [1.807, 2.05) is 12.1 Å². The Morgan fingerprint density at radius 2 is 1.94 bits per heavy atom. The highest BCUT2D eigenvalue weighted by Crippen LogP contribution is 2.50. The number of ether oxygens (including phenoxy) is 1. The van der Waals surface area contributed by atoms with Crippen LogP contribution in [0.3, 0.4) is 0 Å². The summed E-state index contributed by atoms with van der Waals surface area (Å²) < 4.78 is 5.59. The zero-order valence-corrected chi connectivity index (χ0v) is 23.6. The van der Waals surface area contributed by atoms with Crippen molar-refractivity contribution in [2.24, 2.45) is 23.7 Å². The maximum absolute atomic E-state index is 11.1. The van der Waals surface area contributed by atoms with Crippen LogP contribution in [0.4, 0.5) is 0 Å². The number of benzene rings is 1. The number of aliphatic carboxylic acids is 1. The Morgan fingerprint density at radius 3 is 2.60 bits per heavy atom. The van der Waals surface area contributed by atoms with E-state index in [2.05, 4.69) is 39.9 Å². The standard InChI is InChI=1S/C29H48O5Si/c1-6-7-8-10-20(18-29(2,3)35(4,5)33)13-14-23-24-15-21-11-9-12-27(34-19-28(31)32)25(21)16-22(24)17-26(23)30/h9,11-12,20,22-24,26,30,33H,6-8,10,13-19H2,1-5H3,(H,31,32)/t20-,22-,23+,24-,26+/m0/s1. The van der Waals surface area contributed by atoms with Gasteiger partial charge in [-0.05, 0) is 91.1 Å². The second-order valence-electron chi connectivity index (χ2n) is 12.5. The lowest BCUT2D eigenvalue weighted by molar-refractivity contribution is -0.139. The first-order chi connectivity index (χ1) is 16.4. The highest BCUT2D eigenvalue weighted by atomic mass is 28.4. The van der Waals surface area contributed by atoms with Gasteiger partial charge in [-0.1, -0.05) is 65.0 Å². The Bertz CT molecular complexity index is 846. The fraction of sp³-hybridized carbons (Fsp3) is 0.759. The Morgan fingerprint density at radius 1 is 1.20 bits per heavy atom. The average molecular weight is 505 g/mol. The van der Waals surface area contributed by atoms with E-state index in [1.54, 1.807) is 0 Å². The van der Waals surface area contributed by atoms with Gasteiger partial charge in [0.2, 0.25) is 0 Å². The van der Waals surface area contributed by atoms with Crippen LogP contribution in [0.15, 0.2) is 18.2 Å². The lowest BCUT2D eigenvalue weighted by Crippen LogP contribution is -2.40. The quantitative estimate of drug-likeness (QED) is 0.220. The van der Waals surface area contributed by atoms with Crippen LogP contribution in [0, 0.1) is 23.7 Å². The third-order valence-electron chi connectivity index (χ3n) is 9.28. The van der Waals surface area contributed by atoms with Crippen molar-refractivity contribution in [1.29, 1.82) is 0 Å². The van der Waals surface area contributed by atoms with Gasteiger partial charge in [0, 0.05) is 0 Å². The molecule has 35 heavy (non-hydrogen) atoms. The second kappa shape index (κ2) is 11.8. The van der Waals surface area contributed by atoms with Gasteiger partial charge in [0.05, 0.1) is 6.10 Å². The molecule has 5 atom stereocenters. The minimum absolute atomic E-state index is 0.0170. The molecule has 1 aromatic carbocycles. The minimum Gasteiger partial charge on any atom is -0.482 e. The first-order valence-corrected chi connectivity index (χ1v) is 16.7. The van der Waals surface area contributed by atoms with E-state index >= 15 is 0 Å². The van der Waals surface area contributed by atoms with Gasteiger partial charge in [-0.15, -0.1) is 0 Å². The number of aliphatic hydroxyl groups is 1. The lowest BCUT2D eigenvalue weighted by atomic mass is 9.73. The molecular formula is C29H48O5Si. The summed E-state index contributed by atoms with van der Waals surface area (Å²) in [5.74, 6) is 1.53. The highest BCUT2D eigenvalue weighted by molar-refractivity contribution is 6.72. The van der Waals surface area contributed by atoms with Crippen LogP contribution in [-0.2, 0) is 17.6 Å². The molecule has 5 nitrogen and oxygen atoms in total. The topological polar surface area (TPSA) is 87.0 Å². The van der Waals surface area contributed by atoms with E-state index in [4.69, 9.17) is 9.84 Å². The third kappa shape index (κ3) is 7.11. The molecule has 1 saturated carbocycles. The summed E-state index contributed by atoms with van der Waals surface area (Å²) in [5, 5.41) is 20.1. The predicted molar refractivity (Wildman–Crippen MR) is 143 cm³/mol. The summed E-state index contributed by atoms with van der Waals surface area (Å²) in [5.41, 5.74) is 2.39. The number of unbranched alkanes of at least 4 members (excludes halogenated alkanes) is 2. The van der Waals surface area contributed by atoms with Crippen molar-refractivity contribution in [1.82, 2.24) is 0 Å². The number of carboxylic acids is 1. The molecule has 0 unspecified atom stereocenters. The molecule has 198 valence electrons. The molecule has 3 rings (SSSR count). The van der Waals surface area contributed by atoms with Crippen molar-refractivity contribution in [3.63, 3.8) is 0 Å². The van der Waals surface area contributed by atoms with Crippen molar-refractivity contribution in [2.75, 3.05) is 6.61 Å². The van der Waals surface area contributed by atoms with Crippen molar-refractivity contribution in [3.8, 4) is 5.75 Å². The normalized spacial score (nSPS) is 25.1. The lowest BCUT2D eigenvalue weighted by Gasteiger charge is -2.39. The summed E-state index contributed by atoms with van der Waals surface area (Å²) in [4.78, 5) is 21.9. The van der Waals surface area contributed by atoms with E-state index in [9.17, 15) is 14.7 Å². The molecule has 0 bridgehead atoms. The van der Waals surface area contributed by atoms with E-state index in [1.165, 1.54) is 31.2 Å². The molecule has 1 aromatic rings. The number of carbonyl (C=O) groups is 1. The van der Waals surface area contributed by atoms with Crippen molar-refractivity contribution in [3.05, 3.63) is 29.3 Å². The van der Waals surface area contributed by atoms with Gasteiger partial charge >= 0.3 is 5.97 Å². The highest BCUT2D eigenvalue weighted by Gasteiger charge is 2.45. The first kappa shape index (κ1) is 28.2. The number of aliphatic hydroxyl groups excluding tert-OH is 1. The maximum atomic E-state index is 11.1. The minimum atomic E-state index is -2.25. The molecule has 0 heterocycles. The number of hydrogen-bond acceptors (Lipinski definition) is 4. The Labute approximate surface area is 213 Å². The second-order valence-corrected chi connectivity index (χ2v) is 16.9. The largest absolute Gasteiger partial charge is 0.482 e. The van der Waals surface area contributed by atoms with Crippen molar-refractivity contribution < 1.29 is 24.5 Å². The van der Waals surface area contributed by atoms with Gasteiger partial charge in [0.1, 0.15) is 5.75 Å². The SMILES string of the molecule is CCCCC[C@@H](CC[C@@H]1[C@H]2Cc3cccc(OCC(=O)O)c3C[C@H]2C[C@H]1O)CC(C)(C)[Si](C)(C)O. The van der Waals surface area contributed by atoms with Crippen LogP contribution >= 0.6 is 0 Å². The van der Waals surface area contributed by atoms with Crippen LogP contribution < -0.4 is 4.74 Å². The molecule has 0 aliphatic heterocycles. The average Bonchev–Trinajstić information content (AvgIpc) is 3.07. The molecular weight excluding hydrogens is 456 g/mol. The fourth-order valence-electron chi connectivity index (χ4n) is 6.51. The Kier molecular flexibility index (Phi) is 9.49. The Balaban J connectivity index is 1.69. The summed E-state index contributed by atoms with van der Waals surface area (Å²) >= 11 is 0. The number of rotatable bonds is 13. The van der Waals surface area contributed by atoms with Crippen LogP contribution in [0.5, 0.6) is 5.75 Å². The molecule has 0 spiro atoms. The van der Waals surface area contributed by atoms with Crippen molar-refractivity contribution >= 4 is 14.3 Å². The third-order valence-corrected chi connectivity index (χ3v) is 12.8. The van der Waals surface area contributed by atoms with Gasteiger partial charge in [0.25, 0.3) is 0 Å². The first-order valence-electron chi connectivity index (χ1n) is 13.8. The molecule has 1 fully saturated rings. The molecule has 2 aliphatic rings. The fourth-order valence-corrected chi connectivity index (χ4v) is 7.30. The summed E-state index contributed by atoms with van der Waals surface area (Å²) in [6.07, 6.45) is 10.5. The van der Waals surface area contributed by atoms with Crippen LogP contribution in [-0.4, -0.2) is 42.0 Å². The van der Waals surface area contributed by atoms with Crippen molar-refractivity contribution in [2.45, 2.75) is 109 Å². The van der Waals surface area contributed by atoms with Gasteiger partial charge < -0.3 is 19.7 Å². The van der Waals surface area contributed by atoms with Gasteiger partial charge in [-0.25, -0.2) is 4.79 Å². The van der Waals surface area contributed by atoms with Crippen LogP contribution in [0.1, 0.15) is 83.3 Å². The van der Waals surface area contributed by atoms with Gasteiger partial charge in [-0.2, -0.15) is 0 Å². The smallest absolute Gasteiger partial charge is 0.341 e. The van der Waals surface area contributed by atoms with Gasteiger partial charge in [-0.3, -0.25) is 0 Å². The van der Waals surface area contributed by atoms with E-state index < -0.39 is 14.3 Å². The molecule has 0 amide bonds. The monoisotopic (exact) mass is 504 g/mol. The van der Waals surface area contributed by atoms with Gasteiger partial charge in [0.15, 0.2) is 14.9 Å². The zero-order chi connectivity index (χ0) is 25.8. The molecule has 0 radical (unpaired) electrons. The zero-order valence-electron chi connectivity index (χ0n) is 22.6. The van der Waals surface area contributed by atoms with Crippen LogP contribution in [0.2, 0.25) is 18.1 Å². The molecule has 2 aliphatic carbocycles. The molecule has 0 saturated heterocycles. The van der Waals surface area contributed by atoms with Crippen LogP contribution in [0.25, 0.3) is 0 Å². The predicted octanol–water partition coefficient (Wildman–Crippen LogP) is 6.21. The number of carboxylic acid groups (broad SMARTS) is 1. The van der Waals surface area contributed by atoms with E-state index in [0.717, 1.165) is 44.1 Å². The Hall–Kier alpha value is -1.37. The molecule has 6 heteroatoms. The molecule has 3 N–H and O–H groups in total. The molecule has 0 aromatic heterocycles. The maximum Gasteiger partial charge on any atom is 0.341 e. The summed E-state index contributed by atoms with van der Waals surface area (Å²) in [6, 6.07) is 5.98. The number of fused-ring (bicyclic) bond motifs is 2. The van der Waals surface area contributed by atoms with E-state index in [-0.39, 0.29) is 17.7 Å². The number of hydrogen-bond donors (Lipinski definition) is 3. The summed E-state index contributed by atoms with van der Waals surface area (Å²) in [7, 11) is -2.25.